The van der Waals surface area contributed by atoms with E-state index in [-0.39, 0.29) is 35.7 Å². The van der Waals surface area contributed by atoms with Crippen molar-refractivity contribution in [3.8, 4) is 22.8 Å². The van der Waals surface area contributed by atoms with E-state index in [0.717, 1.165) is 0 Å². The van der Waals surface area contributed by atoms with Crippen LogP contribution in [0, 0.1) is 0 Å². The number of phenolic OH excluding ortho intramolecular Hbond substituents is 1. The first-order chi connectivity index (χ1) is 12.1. The number of esters is 1. The summed E-state index contributed by atoms with van der Waals surface area (Å²) >= 11 is 0. The normalized spacial score (nSPS) is 10.6. The third-order valence-electron chi connectivity index (χ3n) is 3.53. The van der Waals surface area contributed by atoms with Crippen LogP contribution in [0.4, 0.5) is 0 Å². The Morgan fingerprint density at radius 2 is 1.92 bits per heavy atom. The average molecular weight is 340 g/mol. The molecule has 6 nitrogen and oxygen atoms in total. The Morgan fingerprint density at radius 3 is 2.64 bits per heavy atom. The molecule has 0 aliphatic heterocycles. The SMILES string of the molecule is CCOC(=O)COc1ccc(O)c2c(=O)cc(-c3ccccc3)oc12. The van der Waals surface area contributed by atoms with Gasteiger partial charge in [0.15, 0.2) is 23.4 Å². The van der Waals surface area contributed by atoms with Crippen molar-refractivity contribution in [1.29, 1.82) is 0 Å². The largest absolute Gasteiger partial charge is 0.507 e. The molecule has 0 saturated carbocycles. The summed E-state index contributed by atoms with van der Waals surface area (Å²) in [6.07, 6.45) is 0. The predicted octanol–water partition coefficient (Wildman–Crippen LogP) is 3.11. The molecule has 0 fully saturated rings. The lowest BCUT2D eigenvalue weighted by Crippen LogP contribution is -2.15. The second-order valence-corrected chi connectivity index (χ2v) is 5.22. The highest BCUT2D eigenvalue weighted by Gasteiger charge is 2.16. The average Bonchev–Trinajstić information content (AvgIpc) is 2.62. The summed E-state index contributed by atoms with van der Waals surface area (Å²) in [5.74, 6) is -0.238. The van der Waals surface area contributed by atoms with Crippen molar-refractivity contribution < 1.29 is 23.8 Å². The number of hydrogen-bond donors (Lipinski definition) is 1. The van der Waals surface area contributed by atoms with Crippen molar-refractivity contribution in [2.24, 2.45) is 0 Å². The zero-order valence-electron chi connectivity index (χ0n) is 13.5. The molecule has 0 bridgehead atoms. The predicted molar refractivity (Wildman–Crippen MR) is 91.7 cm³/mol. The van der Waals surface area contributed by atoms with Crippen LogP contribution in [0.5, 0.6) is 11.5 Å². The molecule has 0 aliphatic rings. The molecule has 0 atom stereocenters. The summed E-state index contributed by atoms with van der Waals surface area (Å²) in [7, 11) is 0. The maximum atomic E-state index is 12.4. The Balaban J connectivity index is 2.09. The second-order valence-electron chi connectivity index (χ2n) is 5.22. The van der Waals surface area contributed by atoms with Crippen molar-refractivity contribution in [3.05, 3.63) is 58.8 Å². The molecule has 1 heterocycles. The molecule has 2 aromatic carbocycles. The smallest absolute Gasteiger partial charge is 0.344 e. The van der Waals surface area contributed by atoms with Gasteiger partial charge in [0.1, 0.15) is 16.9 Å². The van der Waals surface area contributed by atoms with E-state index in [2.05, 4.69) is 0 Å². The van der Waals surface area contributed by atoms with Crippen molar-refractivity contribution in [1.82, 2.24) is 0 Å². The fraction of sp³-hybridized carbons (Fsp3) is 0.158. The third-order valence-corrected chi connectivity index (χ3v) is 3.53. The minimum atomic E-state index is -0.537. The van der Waals surface area contributed by atoms with E-state index in [0.29, 0.717) is 11.3 Å². The Morgan fingerprint density at radius 1 is 1.16 bits per heavy atom. The summed E-state index contributed by atoms with van der Waals surface area (Å²) in [6, 6.07) is 13.2. The van der Waals surface area contributed by atoms with Crippen LogP contribution >= 0.6 is 0 Å². The quantitative estimate of drug-likeness (QED) is 0.718. The molecule has 0 unspecified atom stereocenters. The standard InChI is InChI=1S/C19H16O6/c1-2-23-17(22)11-24-15-9-8-13(20)18-14(21)10-16(25-19(15)18)12-6-4-3-5-7-12/h3-10,20H,2,11H2,1H3. The van der Waals surface area contributed by atoms with Gasteiger partial charge < -0.3 is 19.0 Å². The number of ether oxygens (including phenoxy) is 2. The van der Waals surface area contributed by atoms with Crippen molar-refractivity contribution in [2.75, 3.05) is 13.2 Å². The van der Waals surface area contributed by atoms with Crippen LogP contribution in [0.25, 0.3) is 22.3 Å². The number of aromatic hydroxyl groups is 1. The zero-order chi connectivity index (χ0) is 17.8. The van der Waals surface area contributed by atoms with E-state index in [9.17, 15) is 14.7 Å². The highest BCUT2D eigenvalue weighted by molar-refractivity contribution is 5.89. The molecule has 0 saturated heterocycles. The maximum absolute atomic E-state index is 12.4. The molecule has 128 valence electrons. The number of phenols is 1. The van der Waals surface area contributed by atoms with Crippen LogP contribution in [0.15, 0.2) is 57.7 Å². The van der Waals surface area contributed by atoms with Crippen LogP contribution in [-0.4, -0.2) is 24.3 Å². The van der Waals surface area contributed by atoms with Gasteiger partial charge in [-0.1, -0.05) is 30.3 Å². The van der Waals surface area contributed by atoms with Gasteiger partial charge in [-0.2, -0.15) is 0 Å². The minimum Gasteiger partial charge on any atom is -0.507 e. The highest BCUT2D eigenvalue weighted by Crippen LogP contribution is 2.33. The number of rotatable bonds is 5. The molecule has 0 spiro atoms. The highest BCUT2D eigenvalue weighted by atomic mass is 16.6. The maximum Gasteiger partial charge on any atom is 0.344 e. The molecule has 1 N–H and O–H groups in total. The topological polar surface area (TPSA) is 86.0 Å². The minimum absolute atomic E-state index is 0.000963. The van der Waals surface area contributed by atoms with Gasteiger partial charge in [0.2, 0.25) is 0 Å². The molecule has 3 aromatic rings. The summed E-state index contributed by atoms with van der Waals surface area (Å²) < 4.78 is 16.0. The fourth-order valence-corrected chi connectivity index (χ4v) is 2.42. The monoisotopic (exact) mass is 340 g/mol. The van der Waals surface area contributed by atoms with Crippen LogP contribution in [-0.2, 0) is 9.53 Å². The van der Waals surface area contributed by atoms with Gasteiger partial charge in [-0.15, -0.1) is 0 Å². The molecule has 6 heteroatoms. The zero-order valence-corrected chi connectivity index (χ0v) is 13.5. The number of hydrogen-bond acceptors (Lipinski definition) is 6. The van der Waals surface area contributed by atoms with E-state index in [1.54, 1.807) is 19.1 Å². The Kier molecular flexibility index (Phi) is 4.70. The van der Waals surface area contributed by atoms with Crippen LogP contribution in [0.2, 0.25) is 0 Å². The first kappa shape index (κ1) is 16.6. The Hall–Kier alpha value is -3.28. The lowest BCUT2D eigenvalue weighted by atomic mass is 10.1. The first-order valence-electron chi connectivity index (χ1n) is 7.74. The summed E-state index contributed by atoms with van der Waals surface area (Å²) in [6.45, 7) is 1.61. The molecular formula is C19H16O6. The van der Waals surface area contributed by atoms with E-state index < -0.39 is 11.4 Å². The molecule has 3 rings (SSSR count). The van der Waals surface area contributed by atoms with E-state index in [1.165, 1.54) is 18.2 Å². The summed E-state index contributed by atoms with van der Waals surface area (Å²) in [5, 5.41) is 9.99. The molecule has 1 aromatic heterocycles. The molecule has 0 radical (unpaired) electrons. The Labute approximate surface area is 143 Å². The molecule has 25 heavy (non-hydrogen) atoms. The lowest BCUT2D eigenvalue weighted by molar-refractivity contribution is -0.145. The molecule has 0 aliphatic carbocycles. The first-order valence-corrected chi connectivity index (χ1v) is 7.74. The van der Waals surface area contributed by atoms with Gasteiger partial charge in [0.05, 0.1) is 6.61 Å². The summed E-state index contributed by atoms with van der Waals surface area (Å²) in [5.41, 5.74) is 0.385. The Bertz CT molecular complexity index is 959. The van der Waals surface area contributed by atoms with Crippen LogP contribution in [0.3, 0.4) is 0 Å². The van der Waals surface area contributed by atoms with E-state index >= 15 is 0 Å². The van der Waals surface area contributed by atoms with E-state index in [4.69, 9.17) is 13.9 Å². The van der Waals surface area contributed by atoms with Gasteiger partial charge in [0, 0.05) is 11.6 Å². The molecule has 0 amide bonds. The number of benzene rings is 2. The number of carbonyl (C=O) groups is 1. The lowest BCUT2D eigenvalue weighted by Gasteiger charge is -2.10. The number of fused-ring (bicyclic) bond motifs is 1. The van der Waals surface area contributed by atoms with Gasteiger partial charge in [-0.3, -0.25) is 4.79 Å². The molecular weight excluding hydrogens is 324 g/mol. The van der Waals surface area contributed by atoms with Crippen molar-refractivity contribution in [3.63, 3.8) is 0 Å². The number of carbonyl (C=O) groups excluding carboxylic acids is 1. The van der Waals surface area contributed by atoms with Crippen LogP contribution in [0.1, 0.15) is 6.92 Å². The second kappa shape index (κ2) is 7.09. The third kappa shape index (κ3) is 3.47. The summed E-state index contributed by atoms with van der Waals surface area (Å²) in [4.78, 5) is 23.9. The van der Waals surface area contributed by atoms with Crippen LogP contribution < -0.4 is 10.2 Å². The van der Waals surface area contributed by atoms with Gasteiger partial charge >= 0.3 is 5.97 Å². The van der Waals surface area contributed by atoms with Crippen molar-refractivity contribution >= 4 is 16.9 Å². The van der Waals surface area contributed by atoms with Gasteiger partial charge in [-0.05, 0) is 19.1 Å². The van der Waals surface area contributed by atoms with Crippen molar-refractivity contribution in [2.45, 2.75) is 6.92 Å². The fourth-order valence-electron chi connectivity index (χ4n) is 2.42. The van der Waals surface area contributed by atoms with E-state index in [1.807, 2.05) is 18.2 Å². The van der Waals surface area contributed by atoms with Gasteiger partial charge in [-0.25, -0.2) is 4.79 Å². The van der Waals surface area contributed by atoms with Gasteiger partial charge in [0.25, 0.3) is 0 Å².